The maximum absolute atomic E-state index is 4.37. The van der Waals surface area contributed by atoms with Gasteiger partial charge in [-0.05, 0) is 5.92 Å². The van der Waals surface area contributed by atoms with Crippen molar-refractivity contribution in [3.05, 3.63) is 6.92 Å². The van der Waals surface area contributed by atoms with Crippen LogP contribution in [0, 0.1) is 12.8 Å². The van der Waals surface area contributed by atoms with E-state index in [1.807, 2.05) is 0 Å². The highest BCUT2D eigenvalue weighted by molar-refractivity contribution is 4.62. The van der Waals surface area contributed by atoms with Gasteiger partial charge in [0, 0.05) is 0 Å². The zero-order chi connectivity index (χ0) is 17.7. The minimum absolute atomic E-state index is 0.721. The molecule has 24 heavy (non-hydrogen) atoms. The standard InChI is InChI=1S/C24H49/c1-4-6-8-10-12-13-14-15-17-19-21-23-24(3)22-20-18-16-11-9-7-5-2/h24H,3-23H2,1-2H3. The largest absolute Gasteiger partial charge is 0.0654 e. The van der Waals surface area contributed by atoms with Crippen molar-refractivity contribution in [2.24, 2.45) is 5.92 Å². The molecular weight excluding hydrogens is 288 g/mol. The number of hydrogen-bond donors (Lipinski definition) is 0. The van der Waals surface area contributed by atoms with Crippen LogP contribution in [0.25, 0.3) is 0 Å². The third-order valence-corrected chi connectivity index (χ3v) is 5.43. The minimum atomic E-state index is 0.721. The number of unbranched alkanes of at least 4 members (excludes halogenated alkanes) is 16. The molecule has 145 valence electrons. The van der Waals surface area contributed by atoms with Gasteiger partial charge >= 0.3 is 0 Å². The van der Waals surface area contributed by atoms with Gasteiger partial charge in [0.2, 0.25) is 0 Å². The normalized spacial score (nSPS) is 12.6. The Bertz CT molecular complexity index is 208. The van der Waals surface area contributed by atoms with E-state index in [9.17, 15) is 0 Å². The molecule has 1 radical (unpaired) electrons. The molecule has 0 amide bonds. The summed E-state index contributed by atoms with van der Waals surface area (Å²) in [5.74, 6) is 0.721. The lowest BCUT2D eigenvalue weighted by molar-refractivity contribution is 0.460. The van der Waals surface area contributed by atoms with E-state index >= 15 is 0 Å². The van der Waals surface area contributed by atoms with Gasteiger partial charge in [-0.15, -0.1) is 0 Å². The average Bonchev–Trinajstić information content (AvgIpc) is 2.59. The molecule has 0 fully saturated rings. The summed E-state index contributed by atoms with van der Waals surface area (Å²) in [6.45, 7) is 8.96. The van der Waals surface area contributed by atoms with Gasteiger partial charge in [-0.1, -0.05) is 149 Å². The lowest BCUT2D eigenvalue weighted by atomic mass is 9.95. The predicted octanol–water partition coefficient (Wildman–Crippen LogP) is 9.28. The van der Waals surface area contributed by atoms with Crippen LogP contribution < -0.4 is 0 Å². The van der Waals surface area contributed by atoms with Gasteiger partial charge in [0.15, 0.2) is 0 Å². The molecule has 0 saturated heterocycles. The number of hydrogen-bond acceptors (Lipinski definition) is 0. The fourth-order valence-electron chi connectivity index (χ4n) is 3.63. The second kappa shape index (κ2) is 21.0. The molecule has 0 bridgehead atoms. The molecule has 0 aliphatic heterocycles. The van der Waals surface area contributed by atoms with E-state index < -0.39 is 0 Å². The molecule has 0 spiro atoms. The molecule has 0 aromatic carbocycles. The predicted molar refractivity (Wildman–Crippen MR) is 113 cm³/mol. The van der Waals surface area contributed by atoms with Crippen LogP contribution >= 0.6 is 0 Å². The van der Waals surface area contributed by atoms with Crippen molar-refractivity contribution in [1.82, 2.24) is 0 Å². The molecule has 0 rings (SSSR count). The SMILES string of the molecule is [CH2]C(CCCCCCCCC)CCCCCCCCCCCCC. The zero-order valence-corrected chi connectivity index (χ0v) is 17.4. The zero-order valence-electron chi connectivity index (χ0n) is 17.4. The third-order valence-electron chi connectivity index (χ3n) is 5.43. The van der Waals surface area contributed by atoms with Crippen LogP contribution in [0.1, 0.15) is 142 Å². The highest BCUT2D eigenvalue weighted by Gasteiger charge is 2.02. The quantitative estimate of drug-likeness (QED) is 0.194. The maximum atomic E-state index is 4.37. The van der Waals surface area contributed by atoms with Crippen LogP contribution in [0.2, 0.25) is 0 Å². The molecule has 0 aromatic rings. The monoisotopic (exact) mass is 337 g/mol. The molecule has 0 heteroatoms. The summed E-state index contributed by atoms with van der Waals surface area (Å²) in [4.78, 5) is 0. The van der Waals surface area contributed by atoms with Crippen molar-refractivity contribution in [2.75, 3.05) is 0 Å². The lowest BCUT2D eigenvalue weighted by Crippen LogP contribution is -1.95. The smallest absolute Gasteiger partial charge is 0.0414 e. The van der Waals surface area contributed by atoms with Crippen molar-refractivity contribution >= 4 is 0 Å². The molecular formula is C24H49. The van der Waals surface area contributed by atoms with Gasteiger partial charge in [0.25, 0.3) is 0 Å². The van der Waals surface area contributed by atoms with Gasteiger partial charge in [-0.25, -0.2) is 0 Å². The Balaban J connectivity index is 3.11. The van der Waals surface area contributed by atoms with Gasteiger partial charge < -0.3 is 0 Å². The summed E-state index contributed by atoms with van der Waals surface area (Å²) in [7, 11) is 0. The van der Waals surface area contributed by atoms with Crippen LogP contribution in [0.5, 0.6) is 0 Å². The van der Waals surface area contributed by atoms with E-state index in [4.69, 9.17) is 0 Å². The summed E-state index contributed by atoms with van der Waals surface area (Å²) in [6.07, 6.45) is 28.7. The molecule has 0 saturated carbocycles. The van der Waals surface area contributed by atoms with Crippen molar-refractivity contribution in [2.45, 2.75) is 142 Å². The second-order valence-corrected chi connectivity index (χ2v) is 8.10. The van der Waals surface area contributed by atoms with Crippen LogP contribution in [0.15, 0.2) is 0 Å². The Labute approximate surface area is 155 Å². The molecule has 0 heterocycles. The summed E-state index contributed by atoms with van der Waals surface area (Å²) in [5, 5.41) is 0. The topological polar surface area (TPSA) is 0 Å². The van der Waals surface area contributed by atoms with Gasteiger partial charge in [0.05, 0.1) is 0 Å². The van der Waals surface area contributed by atoms with Crippen molar-refractivity contribution in [3.8, 4) is 0 Å². The average molecular weight is 338 g/mol. The molecule has 0 aliphatic carbocycles. The second-order valence-electron chi connectivity index (χ2n) is 8.10. The highest BCUT2D eigenvalue weighted by atomic mass is 14.1. The minimum Gasteiger partial charge on any atom is -0.0654 e. The molecule has 1 atom stereocenters. The highest BCUT2D eigenvalue weighted by Crippen LogP contribution is 2.18. The summed E-state index contributed by atoms with van der Waals surface area (Å²) < 4.78 is 0. The Morgan fingerprint density at radius 3 is 0.958 bits per heavy atom. The van der Waals surface area contributed by atoms with E-state index in [2.05, 4.69) is 20.8 Å². The fraction of sp³-hybridized carbons (Fsp3) is 0.958. The third kappa shape index (κ3) is 20.0. The Morgan fingerprint density at radius 1 is 0.417 bits per heavy atom. The molecule has 0 aliphatic rings. The van der Waals surface area contributed by atoms with E-state index in [0.29, 0.717) is 0 Å². The van der Waals surface area contributed by atoms with Crippen molar-refractivity contribution in [1.29, 1.82) is 0 Å². The molecule has 0 N–H and O–H groups in total. The Morgan fingerprint density at radius 2 is 0.667 bits per heavy atom. The Hall–Kier alpha value is 0. The van der Waals surface area contributed by atoms with Gasteiger partial charge in [0.1, 0.15) is 0 Å². The van der Waals surface area contributed by atoms with Gasteiger partial charge in [-0.3, -0.25) is 0 Å². The van der Waals surface area contributed by atoms with Crippen LogP contribution in [-0.4, -0.2) is 0 Å². The first-order valence-corrected chi connectivity index (χ1v) is 11.6. The lowest BCUT2D eigenvalue weighted by Gasteiger charge is -2.11. The first-order valence-electron chi connectivity index (χ1n) is 11.6. The molecule has 0 aromatic heterocycles. The van der Waals surface area contributed by atoms with Crippen molar-refractivity contribution in [3.63, 3.8) is 0 Å². The van der Waals surface area contributed by atoms with Crippen molar-refractivity contribution < 1.29 is 0 Å². The summed E-state index contributed by atoms with van der Waals surface area (Å²) >= 11 is 0. The molecule has 0 nitrogen and oxygen atoms in total. The van der Waals surface area contributed by atoms with Crippen LogP contribution in [-0.2, 0) is 0 Å². The van der Waals surface area contributed by atoms with E-state index in [1.165, 1.54) is 128 Å². The number of rotatable bonds is 20. The van der Waals surface area contributed by atoms with E-state index in [1.54, 1.807) is 0 Å². The first kappa shape index (κ1) is 24.0. The van der Waals surface area contributed by atoms with Crippen LogP contribution in [0.3, 0.4) is 0 Å². The molecule has 1 unspecified atom stereocenters. The van der Waals surface area contributed by atoms with Gasteiger partial charge in [-0.2, -0.15) is 0 Å². The van der Waals surface area contributed by atoms with Crippen LogP contribution in [0.4, 0.5) is 0 Å². The first-order chi connectivity index (χ1) is 11.8. The van der Waals surface area contributed by atoms with E-state index in [0.717, 1.165) is 5.92 Å². The fourth-order valence-corrected chi connectivity index (χ4v) is 3.63. The van der Waals surface area contributed by atoms with E-state index in [-0.39, 0.29) is 0 Å². The maximum Gasteiger partial charge on any atom is -0.0414 e. The summed E-state index contributed by atoms with van der Waals surface area (Å²) in [5.41, 5.74) is 0. The summed E-state index contributed by atoms with van der Waals surface area (Å²) in [6, 6.07) is 0. The Kier molecular flexibility index (Phi) is 21.0.